The molecule has 1 aromatic carbocycles. The third kappa shape index (κ3) is 4.57. The van der Waals surface area contributed by atoms with Crippen LogP contribution in [0, 0.1) is 0 Å². The number of carbonyl (C=O) groups excluding carboxylic acids is 1. The Morgan fingerprint density at radius 1 is 1.15 bits per heavy atom. The molecule has 1 amide bonds. The Bertz CT molecular complexity index is 1270. The number of benzene rings is 1. The Morgan fingerprint density at radius 3 is 2.85 bits per heavy atom. The topological polar surface area (TPSA) is 116 Å². The minimum absolute atomic E-state index is 0.166. The van der Waals surface area contributed by atoms with Gasteiger partial charge < -0.3 is 20.2 Å². The van der Waals surface area contributed by atoms with Crippen molar-refractivity contribution in [2.75, 3.05) is 31.9 Å². The molecule has 2 aliphatic heterocycles. The van der Waals surface area contributed by atoms with E-state index in [0.717, 1.165) is 25.0 Å². The van der Waals surface area contributed by atoms with Crippen molar-refractivity contribution in [3.05, 3.63) is 48.8 Å². The fourth-order valence-electron chi connectivity index (χ4n) is 5.25. The van der Waals surface area contributed by atoms with E-state index < -0.39 is 16.1 Å². The zero-order valence-electron chi connectivity index (χ0n) is 19.2. The highest BCUT2D eigenvalue weighted by molar-refractivity contribution is 7.89. The molecule has 182 valence electrons. The van der Waals surface area contributed by atoms with E-state index in [1.54, 1.807) is 30.5 Å². The van der Waals surface area contributed by atoms with Gasteiger partial charge in [-0.05, 0) is 56.1 Å². The number of nitrogens with one attached hydrogen (secondary N) is 2. The number of nitrogens with zero attached hydrogens (tertiary/aromatic N) is 3. The normalized spacial score (nSPS) is 20.4. The molecule has 0 radical (unpaired) electrons. The predicted molar refractivity (Wildman–Crippen MR) is 132 cm³/mol. The molecule has 2 aromatic heterocycles. The fourth-order valence-corrected chi connectivity index (χ4v) is 6.70. The van der Waals surface area contributed by atoms with Gasteiger partial charge in [0.2, 0.25) is 15.9 Å². The number of anilines is 1. The Labute approximate surface area is 199 Å². The average Bonchev–Trinajstić information content (AvgIpc) is 3.49. The number of carbonyl (C=O) groups is 1. The van der Waals surface area contributed by atoms with Crippen LogP contribution in [0.4, 0.5) is 5.82 Å². The summed E-state index contributed by atoms with van der Waals surface area (Å²) in [6.07, 6.45) is 7.32. The monoisotopic (exact) mass is 484 g/mol. The minimum atomic E-state index is -3.93. The van der Waals surface area contributed by atoms with E-state index in [-0.39, 0.29) is 10.8 Å². The van der Waals surface area contributed by atoms with E-state index in [2.05, 4.69) is 14.6 Å². The Balaban J connectivity index is 1.39. The lowest BCUT2D eigenvalue weighted by molar-refractivity contribution is -0.136. The van der Waals surface area contributed by atoms with Crippen molar-refractivity contribution in [1.29, 1.82) is 0 Å². The highest BCUT2D eigenvalue weighted by Crippen LogP contribution is 2.24. The maximum atomic E-state index is 13.7. The highest BCUT2D eigenvalue weighted by atomic mass is 32.2. The number of piperidine rings is 1. The lowest BCUT2D eigenvalue weighted by atomic mass is 9.99. The van der Waals surface area contributed by atoms with E-state index >= 15 is 0 Å². The van der Waals surface area contributed by atoms with E-state index in [4.69, 9.17) is 5.73 Å². The molecule has 2 aliphatic rings. The fraction of sp³-hybridized carbons (Fsp3) is 0.458. The summed E-state index contributed by atoms with van der Waals surface area (Å²) in [4.78, 5) is 21.2. The number of hydrogen-bond acceptors (Lipinski definition) is 5. The van der Waals surface area contributed by atoms with Crippen molar-refractivity contribution in [1.82, 2.24) is 24.1 Å². The van der Waals surface area contributed by atoms with E-state index in [9.17, 15) is 13.2 Å². The summed E-state index contributed by atoms with van der Waals surface area (Å²) in [6.45, 7) is 3.62. The molecule has 0 bridgehead atoms. The van der Waals surface area contributed by atoms with Gasteiger partial charge >= 0.3 is 0 Å². The summed E-state index contributed by atoms with van der Waals surface area (Å²) in [5, 5.41) is 0.603. The third-order valence-electron chi connectivity index (χ3n) is 7.11. The largest absolute Gasteiger partial charge is 0.385 e. The number of piperazine rings is 1. The van der Waals surface area contributed by atoms with Crippen LogP contribution in [0.2, 0.25) is 0 Å². The summed E-state index contributed by atoms with van der Waals surface area (Å²) in [7, 11) is -3.93. The molecule has 2 unspecified atom stereocenters. The van der Waals surface area contributed by atoms with E-state index in [0.29, 0.717) is 43.3 Å². The molecular formula is C24H32N6O3S. The summed E-state index contributed by atoms with van der Waals surface area (Å²) >= 11 is 0. The van der Waals surface area contributed by atoms with Gasteiger partial charge in [0.15, 0.2) is 0 Å². The van der Waals surface area contributed by atoms with Gasteiger partial charge in [-0.3, -0.25) is 9.69 Å². The van der Waals surface area contributed by atoms with Crippen LogP contribution in [0.25, 0.3) is 10.9 Å². The lowest BCUT2D eigenvalue weighted by Gasteiger charge is -2.44. The maximum absolute atomic E-state index is 13.7. The maximum Gasteiger partial charge on any atom is 0.241 e. The lowest BCUT2D eigenvalue weighted by Crippen LogP contribution is -2.59. The minimum Gasteiger partial charge on any atom is -0.385 e. The molecule has 2 atom stereocenters. The number of aryl methyl sites for hydroxylation is 1. The Kier molecular flexibility index (Phi) is 6.37. The van der Waals surface area contributed by atoms with Crippen LogP contribution in [0.1, 0.15) is 25.7 Å². The van der Waals surface area contributed by atoms with Crippen LogP contribution >= 0.6 is 0 Å². The van der Waals surface area contributed by atoms with Gasteiger partial charge in [-0.15, -0.1) is 0 Å². The zero-order valence-corrected chi connectivity index (χ0v) is 20.0. The third-order valence-corrected chi connectivity index (χ3v) is 8.64. The second kappa shape index (κ2) is 9.44. The smallest absolute Gasteiger partial charge is 0.241 e. The van der Waals surface area contributed by atoms with E-state index in [1.807, 2.05) is 27.8 Å². The Hall–Kier alpha value is -2.82. The van der Waals surface area contributed by atoms with Crippen molar-refractivity contribution < 1.29 is 13.2 Å². The first kappa shape index (κ1) is 22.9. The molecule has 10 heteroatoms. The van der Waals surface area contributed by atoms with Gasteiger partial charge in [0.05, 0.1) is 4.90 Å². The van der Waals surface area contributed by atoms with Crippen molar-refractivity contribution in [2.45, 2.75) is 49.2 Å². The molecular weight excluding hydrogens is 452 g/mol. The van der Waals surface area contributed by atoms with Crippen molar-refractivity contribution in [2.24, 2.45) is 0 Å². The number of fused-ring (bicyclic) bond motifs is 2. The predicted octanol–water partition coefficient (Wildman–Crippen LogP) is 1.99. The molecule has 0 aliphatic carbocycles. The Morgan fingerprint density at radius 2 is 2.03 bits per heavy atom. The van der Waals surface area contributed by atoms with Crippen LogP contribution in [0.3, 0.4) is 0 Å². The number of nitrogens with two attached hydrogens (primary N) is 1. The number of H-pyrrole nitrogens is 1. The summed E-state index contributed by atoms with van der Waals surface area (Å²) < 4.78 is 31.5. The molecule has 0 saturated carbocycles. The number of hydrogen-bond donors (Lipinski definition) is 3. The molecule has 4 heterocycles. The second-order valence-electron chi connectivity index (χ2n) is 9.25. The van der Waals surface area contributed by atoms with Crippen LogP contribution in [-0.4, -0.2) is 71.9 Å². The molecule has 0 spiro atoms. The van der Waals surface area contributed by atoms with Crippen LogP contribution < -0.4 is 10.5 Å². The number of aromatic amines is 1. The summed E-state index contributed by atoms with van der Waals surface area (Å²) in [5.74, 6) is 0.419. The number of amides is 1. The first-order valence-corrected chi connectivity index (χ1v) is 13.4. The summed E-state index contributed by atoms with van der Waals surface area (Å²) in [6, 6.07) is 9.95. The van der Waals surface area contributed by atoms with Crippen molar-refractivity contribution in [3.8, 4) is 0 Å². The molecule has 9 nitrogen and oxygen atoms in total. The standard InChI is InChI=1S/C24H32N6O3S/c25-23-8-4-13-29(23)14-10-21(24(31)30-16-15-28-12-2-1-5-18(28)17-30)27-34(32,33)22-7-3-6-20-19(22)9-11-26-20/h3-4,6-9,11,13,18,21,26-27H,1-2,5,10,12,14-17,25H2. The van der Waals surface area contributed by atoms with Gasteiger partial charge in [0, 0.05) is 55.5 Å². The average molecular weight is 485 g/mol. The van der Waals surface area contributed by atoms with E-state index in [1.165, 1.54) is 12.8 Å². The quantitative estimate of drug-likeness (QED) is 0.474. The second-order valence-corrected chi connectivity index (χ2v) is 10.9. The van der Waals surface area contributed by atoms with Crippen LogP contribution in [0.5, 0.6) is 0 Å². The van der Waals surface area contributed by atoms with Gasteiger partial charge in [-0.1, -0.05) is 12.5 Å². The number of sulfonamides is 1. The number of rotatable bonds is 7. The number of nitrogen functional groups attached to an aromatic ring is 1. The molecule has 4 N–H and O–H groups in total. The van der Waals surface area contributed by atoms with Crippen molar-refractivity contribution in [3.63, 3.8) is 0 Å². The van der Waals surface area contributed by atoms with Crippen LogP contribution in [0.15, 0.2) is 53.7 Å². The molecule has 5 rings (SSSR count). The van der Waals surface area contributed by atoms with Gasteiger partial charge in [-0.25, -0.2) is 8.42 Å². The highest BCUT2D eigenvalue weighted by Gasteiger charge is 2.35. The molecule has 2 saturated heterocycles. The van der Waals surface area contributed by atoms with Gasteiger partial charge in [-0.2, -0.15) is 4.72 Å². The molecule has 2 fully saturated rings. The van der Waals surface area contributed by atoms with Crippen LogP contribution in [-0.2, 0) is 21.4 Å². The molecule has 34 heavy (non-hydrogen) atoms. The molecule has 3 aromatic rings. The van der Waals surface area contributed by atoms with Gasteiger partial charge in [0.1, 0.15) is 11.9 Å². The van der Waals surface area contributed by atoms with Gasteiger partial charge in [0.25, 0.3) is 0 Å². The van der Waals surface area contributed by atoms with Crippen molar-refractivity contribution >= 4 is 32.7 Å². The SMILES string of the molecule is Nc1cccn1CCC(NS(=O)(=O)c1cccc2[nH]ccc12)C(=O)N1CCN2CCCCC2C1. The first-order valence-electron chi connectivity index (χ1n) is 11.9. The number of aromatic nitrogens is 2. The zero-order chi connectivity index (χ0) is 23.7. The first-order chi connectivity index (χ1) is 16.4. The summed E-state index contributed by atoms with van der Waals surface area (Å²) in [5.41, 5.74) is 6.74.